The molecule has 0 atom stereocenters. The van der Waals surface area contributed by atoms with Crippen molar-refractivity contribution in [3.8, 4) is 55.6 Å². The van der Waals surface area contributed by atoms with Gasteiger partial charge in [-0.2, -0.15) is 0 Å². The third kappa shape index (κ3) is 7.14. The highest BCUT2D eigenvalue weighted by molar-refractivity contribution is 6.41. The maximum atomic E-state index is 2.63. The Morgan fingerprint density at radius 3 is 0.722 bits per heavy atom. The fourth-order valence-electron chi connectivity index (χ4n) is 18.4. The molecule has 0 bridgehead atoms. The van der Waals surface area contributed by atoms with E-state index in [0.29, 0.717) is 0 Å². The smallest absolute Gasteiger partial charge is 0.0616 e. The summed E-state index contributed by atoms with van der Waals surface area (Å²) in [6.07, 6.45) is 0. The second-order valence-electron chi connectivity index (χ2n) is 27.3. The van der Waals surface area contributed by atoms with Crippen LogP contribution in [0.2, 0.25) is 0 Å². The first-order valence-corrected chi connectivity index (χ1v) is 32.3. The Hall–Kier alpha value is -10.1. The SMILES string of the molecule is Cc1cc(C)c(-c2c3ccccc3c3cc4c(-c5c6cc7c(cc6c6cc8c(cc56)c5ccccc5[c+]8-c5c(C)cc(C)cc5C)c(-c5c(C)cc(C)cc5C)c5ccccc57)c5cc6c7ccccc7[c+](-c7c(C)cc(C)cc7C)c6cc5c4cc23)c(C)c1. The van der Waals surface area contributed by atoms with Gasteiger partial charge < -0.3 is 0 Å². The van der Waals surface area contributed by atoms with Crippen molar-refractivity contribution in [3.63, 3.8) is 0 Å². The van der Waals surface area contributed by atoms with Crippen molar-refractivity contribution in [2.24, 2.45) is 0 Å². The lowest BCUT2D eigenvalue weighted by Crippen LogP contribution is -1.90. The van der Waals surface area contributed by atoms with Crippen LogP contribution in [0.15, 0.2) is 194 Å². The Kier molecular flexibility index (Phi) is 11.0. The van der Waals surface area contributed by atoms with E-state index in [9.17, 15) is 0 Å². The Labute approximate surface area is 525 Å². The maximum Gasteiger partial charge on any atom is 0.0681 e. The molecule has 0 saturated heterocycles. The maximum absolute atomic E-state index is 2.63. The molecular formula is C90H68+2. The third-order valence-electron chi connectivity index (χ3n) is 21.3. The average molecular weight is 1150 g/mol. The zero-order valence-electron chi connectivity index (χ0n) is 53.5. The molecule has 426 valence electrons. The molecule has 0 nitrogen and oxygen atoms in total. The van der Waals surface area contributed by atoms with Gasteiger partial charge in [0.15, 0.2) is 0 Å². The summed E-state index contributed by atoms with van der Waals surface area (Å²) in [4.78, 5) is 0. The molecule has 18 aromatic rings. The van der Waals surface area contributed by atoms with E-state index >= 15 is 0 Å². The molecule has 0 amide bonds. The van der Waals surface area contributed by atoms with Crippen LogP contribution in [0.3, 0.4) is 0 Å². The predicted molar refractivity (Wildman–Crippen MR) is 394 cm³/mol. The molecule has 0 aliphatic rings. The molecule has 18 aromatic carbocycles. The van der Waals surface area contributed by atoms with Gasteiger partial charge in [-0.1, -0.05) is 83.9 Å². The normalized spacial score (nSPS) is 12.4. The van der Waals surface area contributed by atoms with Gasteiger partial charge in [0.25, 0.3) is 0 Å². The molecule has 0 N–H and O–H groups in total. The monoisotopic (exact) mass is 1150 g/mol. The summed E-state index contributed by atoms with van der Waals surface area (Å²) in [5.41, 5.74) is 29.1. The van der Waals surface area contributed by atoms with Crippen LogP contribution in [-0.4, -0.2) is 0 Å². The Morgan fingerprint density at radius 1 is 0.167 bits per heavy atom. The summed E-state index contributed by atoms with van der Waals surface area (Å²) in [6.45, 7) is 27.4. The molecule has 0 spiro atoms. The van der Waals surface area contributed by atoms with Crippen molar-refractivity contribution in [2.45, 2.75) is 83.1 Å². The Morgan fingerprint density at radius 2 is 0.400 bits per heavy atom. The lowest BCUT2D eigenvalue weighted by molar-refractivity contribution is 1.33. The van der Waals surface area contributed by atoms with Gasteiger partial charge in [-0.25, -0.2) is 0 Å². The number of hydrogen-bond acceptors (Lipinski definition) is 0. The zero-order valence-corrected chi connectivity index (χ0v) is 53.5. The number of fused-ring (bicyclic) bond motifs is 18. The molecular weight excluding hydrogens is 1080 g/mol. The molecule has 18 rings (SSSR count). The van der Waals surface area contributed by atoms with E-state index in [1.165, 1.54) is 252 Å². The van der Waals surface area contributed by atoms with Crippen molar-refractivity contribution in [2.75, 3.05) is 0 Å². The van der Waals surface area contributed by atoms with Crippen LogP contribution in [0.25, 0.3) is 185 Å². The molecule has 0 radical (unpaired) electrons. The van der Waals surface area contributed by atoms with E-state index in [2.05, 4.69) is 277 Å². The van der Waals surface area contributed by atoms with Crippen LogP contribution in [0, 0.1) is 83.1 Å². The van der Waals surface area contributed by atoms with E-state index in [0.717, 1.165) is 0 Å². The van der Waals surface area contributed by atoms with Crippen LogP contribution in [-0.2, 0) is 0 Å². The summed E-state index contributed by atoms with van der Waals surface area (Å²) < 4.78 is 0. The molecule has 0 heterocycles. The summed E-state index contributed by atoms with van der Waals surface area (Å²) in [5, 5.41) is 31.3. The lowest BCUT2D eigenvalue weighted by atomic mass is 9.91. The summed E-state index contributed by atoms with van der Waals surface area (Å²) >= 11 is 0. The molecule has 0 aliphatic carbocycles. The van der Waals surface area contributed by atoms with Gasteiger partial charge in [0.2, 0.25) is 0 Å². The van der Waals surface area contributed by atoms with E-state index < -0.39 is 0 Å². The lowest BCUT2D eigenvalue weighted by Gasteiger charge is -2.12. The van der Waals surface area contributed by atoms with Crippen LogP contribution >= 0.6 is 0 Å². The van der Waals surface area contributed by atoms with Gasteiger partial charge in [-0.05, 0) is 336 Å². The highest BCUT2D eigenvalue weighted by Gasteiger charge is 2.33. The molecule has 0 aromatic heterocycles. The van der Waals surface area contributed by atoms with Gasteiger partial charge >= 0.3 is 0 Å². The molecule has 0 heteroatoms. The molecule has 0 saturated carbocycles. The summed E-state index contributed by atoms with van der Waals surface area (Å²) in [6, 6.07) is 76.9. The standard InChI is InChI=1S/C90H68/c1-45-29-49(5)81(50(6)30-45)85-61-25-17-13-21-57(61)65-37-77-69(41-73(65)85)70-42-74-66(58-22-14-18-26-62(58)86(74)82-51(7)31-46(2)32-52(82)8)38-78(70)89(77)90-79-39-67-59-23-15-19-27-63(59)87(83-53(9)33-47(3)34-54(83)10)75(67)43-71(79)72-44-76-68(40-80(72)90)60-24-16-20-28-64(60)88(76)84-55(11)35-48(4)36-56(84)12/h13-44H,1-12H3/q+2. The minimum absolute atomic E-state index is 1.30. The quantitative estimate of drug-likeness (QED) is 0.151. The number of rotatable bonds is 5. The molecule has 0 aliphatic heterocycles. The fourth-order valence-corrected chi connectivity index (χ4v) is 18.4. The van der Waals surface area contributed by atoms with Crippen molar-refractivity contribution >= 4 is 129 Å². The fraction of sp³-hybridized carbons (Fsp3) is 0.133. The Balaban J connectivity index is 1.08. The highest BCUT2D eigenvalue weighted by Crippen LogP contribution is 2.57. The van der Waals surface area contributed by atoms with E-state index in [1.807, 2.05) is 0 Å². The van der Waals surface area contributed by atoms with Crippen molar-refractivity contribution in [1.82, 2.24) is 0 Å². The largest absolute Gasteiger partial charge is 0.0681 e. The number of benzene rings is 12. The second kappa shape index (κ2) is 18.7. The molecule has 0 unspecified atom stereocenters. The summed E-state index contributed by atoms with van der Waals surface area (Å²) in [7, 11) is 0. The minimum atomic E-state index is 1.30. The van der Waals surface area contributed by atoms with Crippen molar-refractivity contribution in [3.05, 3.63) is 261 Å². The third-order valence-corrected chi connectivity index (χ3v) is 21.3. The highest BCUT2D eigenvalue weighted by atomic mass is 14.3. The van der Waals surface area contributed by atoms with Crippen molar-refractivity contribution in [1.29, 1.82) is 0 Å². The topological polar surface area (TPSA) is 0 Å². The number of aryl methyl sites for hydroxylation is 12. The van der Waals surface area contributed by atoms with E-state index in [1.54, 1.807) is 0 Å². The average Bonchev–Trinajstić information content (AvgIpc) is 1.53. The first-order chi connectivity index (χ1) is 43.6. The first kappa shape index (κ1) is 52.9. The van der Waals surface area contributed by atoms with Crippen LogP contribution in [0.5, 0.6) is 0 Å². The number of hydrogen-bond donors (Lipinski definition) is 0. The second-order valence-corrected chi connectivity index (χ2v) is 27.3. The van der Waals surface area contributed by atoms with Gasteiger partial charge in [-0.3, -0.25) is 0 Å². The van der Waals surface area contributed by atoms with Gasteiger partial charge in [-0.15, -0.1) is 0 Å². The van der Waals surface area contributed by atoms with E-state index in [4.69, 9.17) is 0 Å². The molecule has 0 fully saturated rings. The Bertz CT molecular complexity index is 5400. The van der Waals surface area contributed by atoms with Crippen LogP contribution in [0.1, 0.15) is 66.8 Å². The van der Waals surface area contributed by atoms with E-state index in [-0.39, 0.29) is 0 Å². The van der Waals surface area contributed by atoms with Crippen molar-refractivity contribution < 1.29 is 0 Å². The zero-order chi connectivity index (χ0) is 61.2. The first-order valence-electron chi connectivity index (χ1n) is 32.3. The van der Waals surface area contributed by atoms with Gasteiger partial charge in [0, 0.05) is 43.8 Å². The summed E-state index contributed by atoms with van der Waals surface area (Å²) in [5.74, 6) is 0. The minimum Gasteiger partial charge on any atom is -0.0616 e. The van der Waals surface area contributed by atoms with Crippen LogP contribution in [0.4, 0.5) is 0 Å². The van der Waals surface area contributed by atoms with Crippen LogP contribution < -0.4 is 0 Å². The van der Waals surface area contributed by atoms with Gasteiger partial charge in [0.1, 0.15) is 0 Å². The van der Waals surface area contributed by atoms with Gasteiger partial charge in [0.05, 0.1) is 65.3 Å². The predicted octanol–water partition coefficient (Wildman–Crippen LogP) is 25.9. The molecule has 90 heavy (non-hydrogen) atoms.